The Balaban J connectivity index is 1.99. The Morgan fingerprint density at radius 2 is 2.32 bits per heavy atom. The number of oxazole rings is 1. The van der Waals surface area contributed by atoms with Crippen molar-refractivity contribution in [2.24, 2.45) is 0 Å². The molecule has 0 bridgehead atoms. The minimum Gasteiger partial charge on any atom is -0.431 e. The first-order valence-corrected chi connectivity index (χ1v) is 6.28. The summed E-state index contributed by atoms with van der Waals surface area (Å²) in [5.74, 6) is -0.713. The molecule has 19 heavy (non-hydrogen) atoms. The quantitative estimate of drug-likeness (QED) is 0.817. The number of hydrogen-bond acceptors (Lipinski definition) is 5. The van der Waals surface area contributed by atoms with Gasteiger partial charge in [-0.05, 0) is 11.4 Å². The molecule has 2 N–H and O–H groups in total. The van der Waals surface area contributed by atoms with Gasteiger partial charge in [-0.3, -0.25) is 14.9 Å². The van der Waals surface area contributed by atoms with Crippen molar-refractivity contribution in [1.29, 1.82) is 0 Å². The molecule has 2 aromatic heterocycles. The fourth-order valence-electron chi connectivity index (χ4n) is 1.26. The highest BCUT2D eigenvalue weighted by Crippen LogP contribution is 2.13. The van der Waals surface area contributed by atoms with Gasteiger partial charge in [0.05, 0.1) is 4.88 Å². The van der Waals surface area contributed by atoms with E-state index in [0.29, 0.717) is 11.4 Å². The van der Waals surface area contributed by atoms with Gasteiger partial charge >= 0.3 is 6.01 Å². The smallest absolute Gasteiger partial charge is 0.302 e. The fraction of sp³-hybridized carbons (Fsp3) is 0.0833. The van der Waals surface area contributed by atoms with Crippen LogP contribution in [0.2, 0.25) is 0 Å². The molecule has 6 nitrogen and oxygen atoms in total. The van der Waals surface area contributed by atoms with Gasteiger partial charge < -0.3 is 9.73 Å². The summed E-state index contributed by atoms with van der Waals surface area (Å²) in [5, 5.41) is 6.81. The molecule has 0 saturated carbocycles. The Kier molecular flexibility index (Phi) is 4.09. The molecular formula is C12H11N3O3S. The lowest BCUT2D eigenvalue weighted by molar-refractivity contribution is 0.0951. The first-order chi connectivity index (χ1) is 9.20. The van der Waals surface area contributed by atoms with Gasteiger partial charge in [-0.1, -0.05) is 12.1 Å². The monoisotopic (exact) mass is 277 g/mol. The molecule has 2 amide bonds. The SMILES string of the molecule is C=CCNC(=O)c1coc(NC(=O)c2cccs2)n1. The van der Waals surface area contributed by atoms with Crippen LogP contribution in [0, 0.1) is 0 Å². The first kappa shape index (κ1) is 13.0. The summed E-state index contributed by atoms with van der Waals surface area (Å²) in [6.45, 7) is 3.82. The molecule has 0 fully saturated rings. The van der Waals surface area contributed by atoms with Crippen LogP contribution in [0.15, 0.2) is 40.8 Å². The van der Waals surface area contributed by atoms with E-state index >= 15 is 0 Å². The standard InChI is InChI=1S/C12H11N3O3S/c1-2-5-13-10(16)8-7-18-12(14-8)15-11(17)9-4-3-6-19-9/h2-4,6-7H,1,5H2,(H,13,16)(H,14,15,17). The molecule has 0 aliphatic rings. The zero-order valence-electron chi connectivity index (χ0n) is 9.88. The van der Waals surface area contributed by atoms with Gasteiger partial charge in [0, 0.05) is 6.54 Å². The summed E-state index contributed by atoms with van der Waals surface area (Å²) < 4.78 is 5.01. The number of hydrogen-bond donors (Lipinski definition) is 2. The van der Waals surface area contributed by atoms with Crippen molar-refractivity contribution in [3.8, 4) is 0 Å². The molecule has 0 atom stereocenters. The summed E-state index contributed by atoms with van der Waals surface area (Å²) in [7, 11) is 0. The van der Waals surface area contributed by atoms with E-state index < -0.39 is 0 Å². The van der Waals surface area contributed by atoms with Crippen LogP contribution < -0.4 is 10.6 Å². The van der Waals surface area contributed by atoms with Gasteiger partial charge in [0.1, 0.15) is 6.26 Å². The van der Waals surface area contributed by atoms with Gasteiger partial charge in [-0.15, -0.1) is 17.9 Å². The molecule has 0 unspecified atom stereocenters. The summed E-state index contributed by atoms with van der Waals surface area (Å²) in [6.07, 6.45) is 2.74. The molecule has 0 saturated heterocycles. The Morgan fingerprint density at radius 3 is 3.00 bits per heavy atom. The summed E-state index contributed by atoms with van der Waals surface area (Å²) >= 11 is 1.30. The predicted octanol–water partition coefficient (Wildman–Crippen LogP) is 1.90. The van der Waals surface area contributed by atoms with Crippen LogP contribution in [0.3, 0.4) is 0 Å². The van der Waals surface area contributed by atoms with Crippen molar-refractivity contribution >= 4 is 29.2 Å². The third-order valence-electron chi connectivity index (χ3n) is 2.11. The summed E-state index contributed by atoms with van der Waals surface area (Å²) in [4.78, 5) is 27.7. The number of carbonyl (C=O) groups excluding carboxylic acids is 2. The lowest BCUT2D eigenvalue weighted by Gasteiger charge is -1.97. The van der Waals surface area contributed by atoms with E-state index in [0.717, 1.165) is 0 Å². The van der Waals surface area contributed by atoms with Gasteiger partial charge in [-0.25, -0.2) is 0 Å². The van der Waals surface area contributed by atoms with Crippen molar-refractivity contribution in [1.82, 2.24) is 10.3 Å². The van der Waals surface area contributed by atoms with Crippen molar-refractivity contribution in [2.75, 3.05) is 11.9 Å². The molecule has 0 aliphatic heterocycles. The van der Waals surface area contributed by atoms with Crippen LogP contribution in [0.5, 0.6) is 0 Å². The van der Waals surface area contributed by atoms with E-state index in [4.69, 9.17) is 4.42 Å². The minimum absolute atomic E-state index is 0.0119. The Labute approximate surface area is 113 Å². The fourth-order valence-corrected chi connectivity index (χ4v) is 1.88. The second-order valence-electron chi connectivity index (χ2n) is 3.47. The number of nitrogens with zero attached hydrogens (tertiary/aromatic N) is 1. The van der Waals surface area contributed by atoms with Crippen LogP contribution in [-0.4, -0.2) is 23.3 Å². The molecule has 7 heteroatoms. The van der Waals surface area contributed by atoms with E-state index in [-0.39, 0.29) is 23.5 Å². The topological polar surface area (TPSA) is 84.2 Å². The third-order valence-corrected chi connectivity index (χ3v) is 2.98. The third kappa shape index (κ3) is 3.29. The molecule has 0 radical (unpaired) electrons. The predicted molar refractivity (Wildman–Crippen MR) is 71.3 cm³/mol. The lowest BCUT2D eigenvalue weighted by atomic mass is 10.4. The van der Waals surface area contributed by atoms with E-state index in [1.807, 2.05) is 0 Å². The van der Waals surface area contributed by atoms with Crippen molar-refractivity contribution in [2.45, 2.75) is 0 Å². The number of amides is 2. The number of nitrogens with one attached hydrogen (secondary N) is 2. The highest BCUT2D eigenvalue weighted by Gasteiger charge is 2.14. The summed E-state index contributed by atoms with van der Waals surface area (Å²) in [5.41, 5.74) is 0.100. The van der Waals surface area contributed by atoms with Crippen LogP contribution in [0.4, 0.5) is 6.01 Å². The molecular weight excluding hydrogens is 266 g/mol. The zero-order chi connectivity index (χ0) is 13.7. The highest BCUT2D eigenvalue weighted by atomic mass is 32.1. The molecule has 2 heterocycles. The Hall–Kier alpha value is -2.41. The molecule has 0 aliphatic carbocycles. The molecule has 0 spiro atoms. The minimum atomic E-state index is -0.389. The van der Waals surface area contributed by atoms with E-state index in [2.05, 4.69) is 22.2 Å². The van der Waals surface area contributed by atoms with Gasteiger partial charge in [0.25, 0.3) is 11.8 Å². The van der Waals surface area contributed by atoms with E-state index in [1.165, 1.54) is 17.6 Å². The number of anilines is 1. The van der Waals surface area contributed by atoms with Crippen molar-refractivity contribution < 1.29 is 14.0 Å². The Bertz CT molecular complexity index is 589. The second kappa shape index (κ2) is 5.96. The number of aromatic nitrogens is 1. The average molecular weight is 277 g/mol. The van der Waals surface area contributed by atoms with Crippen molar-refractivity contribution in [3.63, 3.8) is 0 Å². The lowest BCUT2D eigenvalue weighted by Crippen LogP contribution is -2.23. The van der Waals surface area contributed by atoms with Gasteiger partial charge in [0.15, 0.2) is 5.69 Å². The van der Waals surface area contributed by atoms with Crippen LogP contribution in [0.1, 0.15) is 20.2 Å². The summed E-state index contributed by atoms with van der Waals surface area (Å²) in [6, 6.07) is 3.44. The van der Waals surface area contributed by atoms with Crippen LogP contribution >= 0.6 is 11.3 Å². The van der Waals surface area contributed by atoms with Gasteiger partial charge in [-0.2, -0.15) is 4.98 Å². The zero-order valence-corrected chi connectivity index (χ0v) is 10.7. The van der Waals surface area contributed by atoms with Crippen LogP contribution in [-0.2, 0) is 0 Å². The average Bonchev–Trinajstić information content (AvgIpc) is 3.06. The maximum Gasteiger partial charge on any atom is 0.302 e. The van der Waals surface area contributed by atoms with Gasteiger partial charge in [0.2, 0.25) is 0 Å². The normalized spacial score (nSPS) is 9.89. The number of thiophene rings is 1. The van der Waals surface area contributed by atoms with Crippen LogP contribution in [0.25, 0.3) is 0 Å². The first-order valence-electron chi connectivity index (χ1n) is 5.40. The molecule has 2 aromatic rings. The maximum absolute atomic E-state index is 11.7. The van der Waals surface area contributed by atoms with E-state index in [1.54, 1.807) is 23.6 Å². The molecule has 2 rings (SSSR count). The highest BCUT2D eigenvalue weighted by molar-refractivity contribution is 7.12. The molecule has 0 aromatic carbocycles. The largest absolute Gasteiger partial charge is 0.431 e. The maximum atomic E-state index is 11.7. The molecule has 98 valence electrons. The Morgan fingerprint density at radius 1 is 1.47 bits per heavy atom. The second-order valence-corrected chi connectivity index (χ2v) is 4.42. The number of carbonyl (C=O) groups is 2. The van der Waals surface area contributed by atoms with E-state index in [9.17, 15) is 9.59 Å². The van der Waals surface area contributed by atoms with Crippen molar-refractivity contribution in [3.05, 3.63) is 47.0 Å². The number of rotatable bonds is 5.